The molecule has 3 N–H and O–H groups in total. The Hall–Kier alpha value is -3.39. The molecular weight excluding hydrogens is 537 g/mol. The van der Waals surface area contributed by atoms with E-state index >= 15 is 0 Å². The highest BCUT2D eigenvalue weighted by molar-refractivity contribution is 8.04. The molecule has 2 heterocycles. The Morgan fingerprint density at radius 1 is 1.11 bits per heavy atom. The predicted molar refractivity (Wildman–Crippen MR) is 132 cm³/mol. The number of carbonyl (C=O) groups is 1. The average Bonchev–Trinajstić information content (AvgIpc) is 3.42. The fourth-order valence-corrected chi connectivity index (χ4v) is 4.85. The molecule has 2 aromatic carbocycles. The van der Waals surface area contributed by atoms with Gasteiger partial charge in [-0.15, -0.1) is 10.2 Å². The minimum Gasteiger partial charge on any atom is -0.477 e. The van der Waals surface area contributed by atoms with Crippen LogP contribution in [0.5, 0.6) is 0 Å². The van der Waals surface area contributed by atoms with Crippen molar-refractivity contribution in [3.63, 3.8) is 0 Å². The van der Waals surface area contributed by atoms with Gasteiger partial charge in [-0.05, 0) is 66.4 Å². The lowest BCUT2D eigenvalue weighted by Gasteiger charge is -2.03. The summed E-state index contributed by atoms with van der Waals surface area (Å²) in [6.07, 6.45) is 1.31. The van der Waals surface area contributed by atoms with Crippen LogP contribution in [0.1, 0.15) is 11.4 Å². The van der Waals surface area contributed by atoms with Crippen LogP contribution in [0.15, 0.2) is 56.5 Å². The van der Waals surface area contributed by atoms with Crippen molar-refractivity contribution in [3.05, 3.63) is 72.9 Å². The molecule has 0 saturated carbocycles. The van der Waals surface area contributed by atoms with E-state index in [1.54, 1.807) is 31.2 Å². The molecule has 0 spiro atoms. The number of rotatable bonds is 8. The number of nitrogens with zero attached hydrogens (tertiary/aromatic N) is 5. The van der Waals surface area contributed by atoms with Crippen LogP contribution in [0.25, 0.3) is 17.5 Å². The van der Waals surface area contributed by atoms with Crippen LogP contribution in [0, 0.1) is 17.0 Å². The summed E-state index contributed by atoms with van der Waals surface area (Å²) in [6.45, 7) is 1.68. The Bertz CT molecular complexity index is 1470. The molecule has 0 amide bonds. The smallest absolute Gasteiger partial charge is 0.342 e. The molecule has 11 nitrogen and oxygen atoms in total. The van der Waals surface area contributed by atoms with Gasteiger partial charge in [0.05, 0.1) is 14.8 Å². The van der Waals surface area contributed by atoms with Crippen molar-refractivity contribution in [2.24, 2.45) is 0 Å². The Morgan fingerprint density at radius 3 is 2.54 bits per heavy atom. The highest BCUT2D eigenvalue weighted by Crippen LogP contribution is 2.36. The molecule has 0 aliphatic heterocycles. The summed E-state index contributed by atoms with van der Waals surface area (Å²) in [6, 6.07) is 9.24. The number of halogens is 2. The van der Waals surface area contributed by atoms with E-state index in [-0.39, 0.29) is 25.8 Å². The molecule has 4 aromatic rings. The van der Waals surface area contributed by atoms with Gasteiger partial charge < -0.3 is 5.11 Å². The number of H-pyrrole nitrogens is 2. The molecule has 35 heavy (non-hydrogen) atoms. The largest absolute Gasteiger partial charge is 0.477 e. The highest BCUT2D eigenvalue weighted by atomic mass is 35.5. The van der Waals surface area contributed by atoms with Crippen molar-refractivity contribution >= 4 is 64.5 Å². The van der Waals surface area contributed by atoms with E-state index < -0.39 is 10.9 Å². The van der Waals surface area contributed by atoms with E-state index in [1.807, 2.05) is 0 Å². The monoisotopic (exact) mass is 549 g/mol. The average molecular weight is 550 g/mol. The molecule has 2 aromatic heterocycles. The van der Waals surface area contributed by atoms with Crippen LogP contribution in [0.3, 0.4) is 0 Å². The number of carboxylic acid groups (broad SMARTS) is 1. The van der Waals surface area contributed by atoms with Gasteiger partial charge in [0.1, 0.15) is 10.7 Å². The number of benzene rings is 2. The summed E-state index contributed by atoms with van der Waals surface area (Å²) in [5.41, 5.74) is 0.663. The molecule has 178 valence electrons. The summed E-state index contributed by atoms with van der Waals surface area (Å²) >= 11 is 13.9. The van der Waals surface area contributed by atoms with Gasteiger partial charge in [-0.2, -0.15) is 0 Å². The summed E-state index contributed by atoms with van der Waals surface area (Å²) in [5, 5.41) is 35.9. The van der Waals surface area contributed by atoms with Crippen molar-refractivity contribution in [1.82, 2.24) is 30.4 Å². The van der Waals surface area contributed by atoms with Crippen LogP contribution in [0.2, 0.25) is 10.0 Å². The maximum absolute atomic E-state index is 11.7. The Kier molecular flexibility index (Phi) is 7.40. The molecule has 0 unspecified atom stereocenters. The van der Waals surface area contributed by atoms with E-state index in [0.29, 0.717) is 32.8 Å². The third kappa shape index (κ3) is 6.00. The van der Waals surface area contributed by atoms with Gasteiger partial charge in [-0.25, -0.2) is 14.8 Å². The molecule has 0 aliphatic rings. The molecule has 0 radical (unpaired) electrons. The standard InChI is InChI=1S/C20H13Cl2N7O4S2/c1-9-23-19(27-25-9)35-16(18(30)31)7-10-2-5-15(14(6-10)29(32)33)34-20-24-17(26-28-20)12-4-3-11(21)8-13(12)22/h2-8H,1H3,(H,30,31)(H,23,25,27)(H,24,26,28)/b16-7+. The number of hydrogen-bond acceptors (Lipinski definition) is 9. The van der Waals surface area contributed by atoms with E-state index in [9.17, 15) is 20.0 Å². The molecule has 0 bridgehead atoms. The summed E-state index contributed by atoms with van der Waals surface area (Å²) < 4.78 is 0. The van der Waals surface area contributed by atoms with Crippen molar-refractivity contribution < 1.29 is 14.8 Å². The number of nitrogens with one attached hydrogen (secondary N) is 2. The molecule has 0 aliphatic carbocycles. The number of nitro benzene ring substituents is 1. The minimum atomic E-state index is -1.22. The van der Waals surface area contributed by atoms with Gasteiger partial charge in [0.15, 0.2) is 5.82 Å². The third-order valence-corrected chi connectivity index (χ3v) is 6.67. The summed E-state index contributed by atoms with van der Waals surface area (Å²) in [4.78, 5) is 31.4. The van der Waals surface area contributed by atoms with Gasteiger partial charge in [0.2, 0.25) is 10.3 Å². The SMILES string of the molecule is Cc1nc(S/C(=C/c2ccc(Sc3n[nH]c(-c4ccc(Cl)cc4Cl)n3)c([N+](=O)[O-])c2)C(=O)O)n[nH]1. The minimum absolute atomic E-state index is 0.0999. The van der Waals surface area contributed by atoms with Crippen molar-refractivity contribution in [1.29, 1.82) is 0 Å². The van der Waals surface area contributed by atoms with E-state index in [1.165, 1.54) is 18.2 Å². The molecular formula is C20H13Cl2N7O4S2. The first-order valence-corrected chi connectivity index (χ1v) is 11.9. The first-order chi connectivity index (χ1) is 16.7. The highest BCUT2D eigenvalue weighted by Gasteiger charge is 2.20. The fourth-order valence-electron chi connectivity index (χ4n) is 2.80. The van der Waals surface area contributed by atoms with Gasteiger partial charge in [-0.3, -0.25) is 20.3 Å². The number of hydrogen-bond donors (Lipinski definition) is 3. The third-order valence-electron chi connectivity index (χ3n) is 4.32. The van der Waals surface area contributed by atoms with Gasteiger partial charge >= 0.3 is 5.97 Å². The Morgan fingerprint density at radius 2 is 1.89 bits per heavy atom. The quantitative estimate of drug-likeness (QED) is 0.111. The number of aryl methyl sites for hydroxylation is 1. The maximum atomic E-state index is 11.7. The molecule has 15 heteroatoms. The van der Waals surface area contributed by atoms with Gasteiger partial charge in [0.25, 0.3) is 5.69 Å². The zero-order valence-electron chi connectivity index (χ0n) is 17.5. The Labute approximate surface area is 215 Å². The second kappa shape index (κ2) is 10.5. The topological polar surface area (TPSA) is 164 Å². The Balaban J connectivity index is 1.60. The number of aromatic amines is 2. The summed E-state index contributed by atoms with van der Waals surface area (Å²) in [7, 11) is 0. The zero-order chi connectivity index (χ0) is 25.1. The fraction of sp³-hybridized carbons (Fsp3) is 0.0500. The lowest BCUT2D eigenvalue weighted by Crippen LogP contribution is -1.98. The molecule has 0 fully saturated rings. The lowest BCUT2D eigenvalue weighted by molar-refractivity contribution is -0.387. The maximum Gasteiger partial charge on any atom is 0.342 e. The summed E-state index contributed by atoms with van der Waals surface area (Å²) in [5.74, 6) is -0.308. The van der Waals surface area contributed by atoms with Gasteiger partial charge in [0, 0.05) is 16.7 Å². The van der Waals surface area contributed by atoms with Crippen LogP contribution < -0.4 is 0 Å². The molecule has 0 atom stereocenters. The van der Waals surface area contributed by atoms with Crippen LogP contribution in [-0.2, 0) is 4.79 Å². The number of nitro groups is 1. The molecule has 4 rings (SSSR count). The normalized spacial score (nSPS) is 11.6. The van der Waals surface area contributed by atoms with E-state index in [0.717, 1.165) is 23.5 Å². The molecule has 0 saturated heterocycles. The van der Waals surface area contributed by atoms with Crippen LogP contribution in [-0.4, -0.2) is 46.4 Å². The van der Waals surface area contributed by atoms with E-state index in [2.05, 4.69) is 30.4 Å². The number of aromatic nitrogens is 6. The lowest BCUT2D eigenvalue weighted by atomic mass is 10.2. The van der Waals surface area contributed by atoms with Crippen molar-refractivity contribution in [2.75, 3.05) is 0 Å². The van der Waals surface area contributed by atoms with Crippen LogP contribution >= 0.6 is 46.7 Å². The predicted octanol–water partition coefficient (Wildman–Crippen LogP) is 5.48. The number of thioether (sulfide) groups is 1. The first-order valence-electron chi connectivity index (χ1n) is 9.55. The van der Waals surface area contributed by atoms with E-state index in [4.69, 9.17) is 23.2 Å². The number of carboxylic acids is 1. The van der Waals surface area contributed by atoms with Crippen LogP contribution in [0.4, 0.5) is 5.69 Å². The number of aliphatic carboxylic acids is 1. The van der Waals surface area contributed by atoms with Crippen molar-refractivity contribution in [3.8, 4) is 11.4 Å². The zero-order valence-corrected chi connectivity index (χ0v) is 20.7. The second-order valence-corrected chi connectivity index (χ2v) is 9.66. The first kappa shape index (κ1) is 24.7. The second-order valence-electron chi connectivity index (χ2n) is 6.80. The van der Waals surface area contributed by atoms with Crippen molar-refractivity contribution in [2.45, 2.75) is 22.1 Å². The van der Waals surface area contributed by atoms with Gasteiger partial charge in [-0.1, -0.05) is 29.3 Å².